The van der Waals surface area contributed by atoms with Crippen molar-refractivity contribution in [3.05, 3.63) is 0 Å². The number of piperidine rings is 1. The Balaban J connectivity index is 1.84. The fraction of sp³-hybridized carbons (Fsp3) is 0.929. The van der Waals surface area contributed by atoms with Crippen LogP contribution in [0.15, 0.2) is 0 Å². The zero-order chi connectivity index (χ0) is 12.5. The van der Waals surface area contributed by atoms with E-state index in [1.165, 1.54) is 19.3 Å². The first kappa shape index (κ1) is 12.9. The second kappa shape index (κ2) is 4.97. The lowest BCUT2D eigenvalue weighted by Crippen LogP contribution is -2.55. The van der Waals surface area contributed by atoms with Gasteiger partial charge in [-0.25, -0.2) is 0 Å². The van der Waals surface area contributed by atoms with E-state index >= 15 is 0 Å². The highest BCUT2D eigenvalue weighted by atomic mass is 16.2. The molecular weight excluding hydrogens is 212 g/mol. The van der Waals surface area contributed by atoms with Crippen LogP contribution in [0.1, 0.15) is 58.8 Å². The predicted molar refractivity (Wildman–Crippen MR) is 69.6 cm³/mol. The lowest BCUT2D eigenvalue weighted by molar-refractivity contribution is -0.139. The molecule has 3 nitrogen and oxygen atoms in total. The van der Waals surface area contributed by atoms with Gasteiger partial charge in [-0.15, -0.1) is 0 Å². The Morgan fingerprint density at radius 1 is 1.35 bits per heavy atom. The summed E-state index contributed by atoms with van der Waals surface area (Å²) in [5.41, 5.74) is 5.94. The Morgan fingerprint density at radius 2 is 2.06 bits per heavy atom. The molecule has 3 heteroatoms. The molecule has 1 aliphatic heterocycles. The van der Waals surface area contributed by atoms with E-state index < -0.39 is 0 Å². The van der Waals surface area contributed by atoms with Crippen LogP contribution in [0.2, 0.25) is 0 Å². The van der Waals surface area contributed by atoms with E-state index in [0.717, 1.165) is 38.1 Å². The number of hydrogen-bond acceptors (Lipinski definition) is 2. The van der Waals surface area contributed by atoms with Crippen LogP contribution in [0.5, 0.6) is 0 Å². The molecule has 0 aromatic rings. The first-order chi connectivity index (χ1) is 7.99. The van der Waals surface area contributed by atoms with Gasteiger partial charge in [0.05, 0.1) is 0 Å². The maximum absolute atomic E-state index is 12.2. The van der Waals surface area contributed by atoms with E-state index in [1.54, 1.807) is 0 Å². The maximum Gasteiger partial charge on any atom is 0.223 e. The Hall–Kier alpha value is -0.570. The Labute approximate surface area is 105 Å². The molecule has 1 amide bonds. The van der Waals surface area contributed by atoms with Gasteiger partial charge >= 0.3 is 0 Å². The molecule has 1 atom stereocenters. The highest BCUT2D eigenvalue weighted by molar-refractivity contribution is 5.77. The zero-order valence-electron chi connectivity index (χ0n) is 11.2. The highest BCUT2D eigenvalue weighted by Gasteiger charge is 2.36. The lowest BCUT2D eigenvalue weighted by Gasteiger charge is -2.45. The second-order valence-corrected chi connectivity index (χ2v) is 6.45. The van der Waals surface area contributed by atoms with Gasteiger partial charge < -0.3 is 10.6 Å². The van der Waals surface area contributed by atoms with Crippen LogP contribution >= 0.6 is 0 Å². The molecule has 2 rings (SSSR count). The number of carbonyl (C=O) groups excluding carboxylic acids is 1. The van der Waals surface area contributed by atoms with Gasteiger partial charge in [0, 0.05) is 24.5 Å². The van der Waals surface area contributed by atoms with Crippen LogP contribution in [-0.2, 0) is 4.79 Å². The Morgan fingerprint density at radius 3 is 2.59 bits per heavy atom. The zero-order valence-corrected chi connectivity index (χ0v) is 11.2. The summed E-state index contributed by atoms with van der Waals surface area (Å²) in [5, 5.41) is 0. The van der Waals surface area contributed by atoms with Crippen molar-refractivity contribution in [1.29, 1.82) is 0 Å². The number of carbonyl (C=O) groups is 1. The van der Waals surface area contributed by atoms with Crippen LogP contribution in [0.3, 0.4) is 0 Å². The van der Waals surface area contributed by atoms with E-state index in [-0.39, 0.29) is 11.6 Å². The molecule has 2 fully saturated rings. The summed E-state index contributed by atoms with van der Waals surface area (Å²) in [5.74, 6) is 1.17. The summed E-state index contributed by atoms with van der Waals surface area (Å²) >= 11 is 0. The molecule has 0 spiro atoms. The van der Waals surface area contributed by atoms with E-state index in [0.29, 0.717) is 5.91 Å². The first-order valence-electron chi connectivity index (χ1n) is 7.05. The molecule has 2 aliphatic rings. The molecule has 2 N–H and O–H groups in total. The van der Waals surface area contributed by atoms with E-state index in [9.17, 15) is 4.79 Å². The predicted octanol–water partition coefficient (Wildman–Crippen LogP) is 2.29. The molecule has 17 heavy (non-hydrogen) atoms. The molecule has 1 saturated carbocycles. The molecular formula is C14H26N2O. The second-order valence-electron chi connectivity index (χ2n) is 6.45. The third kappa shape index (κ3) is 3.01. The first-order valence-corrected chi connectivity index (χ1v) is 7.05. The Kier molecular flexibility index (Phi) is 3.76. The van der Waals surface area contributed by atoms with Gasteiger partial charge in [0.15, 0.2) is 0 Å². The fourth-order valence-corrected chi connectivity index (χ4v) is 3.16. The molecule has 0 aromatic carbocycles. The van der Waals surface area contributed by atoms with Gasteiger partial charge in [0.1, 0.15) is 0 Å². The van der Waals surface area contributed by atoms with Gasteiger partial charge in [0.25, 0.3) is 0 Å². The highest BCUT2D eigenvalue weighted by Crippen LogP contribution is 2.32. The third-order valence-corrected chi connectivity index (χ3v) is 4.51. The maximum atomic E-state index is 12.2. The Bertz CT molecular complexity index is 284. The summed E-state index contributed by atoms with van der Waals surface area (Å²) in [6, 6.07) is 0.265. The van der Waals surface area contributed by atoms with Gasteiger partial charge in [-0.1, -0.05) is 19.3 Å². The van der Waals surface area contributed by atoms with Crippen molar-refractivity contribution in [2.75, 3.05) is 6.54 Å². The van der Waals surface area contributed by atoms with Crippen LogP contribution in [0.25, 0.3) is 0 Å². The topological polar surface area (TPSA) is 46.3 Å². The molecule has 1 saturated heterocycles. The minimum absolute atomic E-state index is 0.0473. The number of rotatable bonds is 3. The van der Waals surface area contributed by atoms with E-state index in [4.69, 9.17) is 5.73 Å². The van der Waals surface area contributed by atoms with Crippen molar-refractivity contribution in [3.63, 3.8) is 0 Å². The number of hydrogen-bond donors (Lipinski definition) is 1. The molecule has 0 radical (unpaired) electrons. The van der Waals surface area contributed by atoms with Gasteiger partial charge in [0.2, 0.25) is 5.91 Å². The molecule has 1 heterocycles. The lowest BCUT2D eigenvalue weighted by atomic mass is 9.81. The van der Waals surface area contributed by atoms with Crippen LogP contribution < -0.4 is 5.73 Å². The number of likely N-dealkylation sites (tertiary alicyclic amines) is 1. The summed E-state index contributed by atoms with van der Waals surface area (Å²) in [4.78, 5) is 14.3. The van der Waals surface area contributed by atoms with Crippen molar-refractivity contribution >= 4 is 5.91 Å². The normalized spacial score (nSPS) is 28.9. The summed E-state index contributed by atoms with van der Waals surface area (Å²) < 4.78 is 0. The molecule has 0 bridgehead atoms. The fourth-order valence-electron chi connectivity index (χ4n) is 3.16. The summed E-state index contributed by atoms with van der Waals surface area (Å²) in [6.45, 7) is 5.14. The largest absolute Gasteiger partial charge is 0.337 e. The summed E-state index contributed by atoms with van der Waals surface area (Å²) in [6.07, 6.45) is 7.76. The molecule has 1 aliphatic carbocycles. The minimum Gasteiger partial charge on any atom is -0.337 e. The average molecular weight is 238 g/mol. The molecule has 0 aromatic heterocycles. The SMILES string of the molecule is CC1(C)CC(N)CCN1C(=O)CCC1CCC1. The molecule has 1 unspecified atom stereocenters. The van der Waals surface area contributed by atoms with Gasteiger partial charge in [-0.3, -0.25) is 4.79 Å². The summed E-state index contributed by atoms with van der Waals surface area (Å²) in [7, 11) is 0. The van der Waals surface area contributed by atoms with Crippen molar-refractivity contribution in [2.24, 2.45) is 11.7 Å². The number of nitrogens with zero attached hydrogens (tertiary/aromatic N) is 1. The van der Waals surface area contributed by atoms with Crippen LogP contribution in [-0.4, -0.2) is 28.9 Å². The molecule has 98 valence electrons. The van der Waals surface area contributed by atoms with Gasteiger partial charge in [-0.05, 0) is 39.0 Å². The standard InChI is InChI=1S/C14H26N2O/c1-14(2)10-12(15)8-9-16(14)13(17)7-6-11-4-3-5-11/h11-12H,3-10,15H2,1-2H3. The quantitative estimate of drug-likeness (QED) is 0.820. The van der Waals surface area contributed by atoms with Crippen molar-refractivity contribution in [1.82, 2.24) is 4.90 Å². The number of amides is 1. The minimum atomic E-state index is -0.0473. The average Bonchev–Trinajstić information content (AvgIpc) is 2.12. The van der Waals surface area contributed by atoms with Gasteiger partial charge in [-0.2, -0.15) is 0 Å². The van der Waals surface area contributed by atoms with Crippen molar-refractivity contribution in [3.8, 4) is 0 Å². The van der Waals surface area contributed by atoms with Crippen LogP contribution in [0, 0.1) is 5.92 Å². The van der Waals surface area contributed by atoms with Crippen LogP contribution in [0.4, 0.5) is 0 Å². The van der Waals surface area contributed by atoms with Crippen molar-refractivity contribution in [2.45, 2.75) is 70.4 Å². The number of nitrogens with two attached hydrogens (primary N) is 1. The smallest absolute Gasteiger partial charge is 0.223 e. The van der Waals surface area contributed by atoms with Crippen molar-refractivity contribution < 1.29 is 4.79 Å². The van der Waals surface area contributed by atoms with E-state index in [1.807, 2.05) is 0 Å². The third-order valence-electron chi connectivity index (χ3n) is 4.51. The monoisotopic (exact) mass is 238 g/mol. The van der Waals surface area contributed by atoms with E-state index in [2.05, 4.69) is 18.7 Å².